The Morgan fingerprint density at radius 2 is 0.781 bits per heavy atom. The van der Waals surface area contributed by atoms with Gasteiger partial charge in [0.2, 0.25) is 0 Å². The molecule has 0 radical (unpaired) electrons. The topological polar surface area (TPSA) is 149 Å². The zero-order valence-corrected chi connectivity index (χ0v) is 19.9. The van der Waals surface area contributed by atoms with E-state index in [-0.39, 0.29) is 12.8 Å². The van der Waals surface area contributed by atoms with Gasteiger partial charge in [0, 0.05) is 0 Å². The average molecular weight is 461 g/mol. The van der Waals surface area contributed by atoms with Gasteiger partial charge < -0.3 is 20.4 Å². The van der Waals surface area contributed by atoms with Crippen molar-refractivity contribution in [1.29, 1.82) is 0 Å². The van der Waals surface area contributed by atoms with Crippen LogP contribution in [-0.2, 0) is 19.2 Å². The molecule has 188 valence electrons. The number of rotatable bonds is 20. The van der Waals surface area contributed by atoms with Gasteiger partial charge in [-0.3, -0.25) is 19.2 Å². The minimum absolute atomic E-state index is 0.296. The highest BCUT2D eigenvalue weighted by atomic mass is 16.4. The van der Waals surface area contributed by atoms with Crippen LogP contribution in [0.3, 0.4) is 0 Å². The Balaban J connectivity index is 0. The highest BCUT2D eigenvalue weighted by Gasteiger charge is 2.32. The van der Waals surface area contributed by atoms with E-state index in [4.69, 9.17) is 10.2 Å². The molecule has 0 amide bonds. The SMILES string of the molecule is CCCCCCCCC(C(=O)O)C(CCCCCCCC)C(=O)O.O=C(O)CCC(=O)O. The van der Waals surface area contributed by atoms with E-state index in [1.54, 1.807) is 0 Å². The normalized spacial score (nSPS) is 12.3. The van der Waals surface area contributed by atoms with Crippen LogP contribution in [0.15, 0.2) is 0 Å². The maximum atomic E-state index is 11.5. The van der Waals surface area contributed by atoms with Crippen LogP contribution in [0, 0.1) is 11.8 Å². The van der Waals surface area contributed by atoms with Crippen LogP contribution in [0.2, 0.25) is 0 Å². The monoisotopic (exact) mass is 460 g/mol. The Morgan fingerprint density at radius 3 is 1.03 bits per heavy atom. The molecule has 2 unspecified atom stereocenters. The molecule has 0 saturated heterocycles. The third-order valence-electron chi connectivity index (χ3n) is 5.41. The number of carboxylic acids is 4. The number of carboxylic acid groups (broad SMARTS) is 4. The van der Waals surface area contributed by atoms with Crippen LogP contribution < -0.4 is 0 Å². The summed E-state index contributed by atoms with van der Waals surface area (Å²) in [5.41, 5.74) is 0. The lowest BCUT2D eigenvalue weighted by molar-refractivity contribution is -0.154. The van der Waals surface area contributed by atoms with Gasteiger partial charge in [0.1, 0.15) is 0 Å². The lowest BCUT2D eigenvalue weighted by Gasteiger charge is -2.20. The van der Waals surface area contributed by atoms with Gasteiger partial charge in [-0.1, -0.05) is 90.9 Å². The zero-order chi connectivity index (χ0) is 24.8. The van der Waals surface area contributed by atoms with E-state index >= 15 is 0 Å². The molecule has 0 saturated carbocycles. The predicted octanol–water partition coefficient (Wildman–Crippen LogP) is 5.83. The molecule has 0 fully saturated rings. The van der Waals surface area contributed by atoms with Crippen molar-refractivity contribution in [3.63, 3.8) is 0 Å². The molecule has 32 heavy (non-hydrogen) atoms. The molecule has 4 N–H and O–H groups in total. The Morgan fingerprint density at radius 1 is 0.500 bits per heavy atom. The first-order valence-electron chi connectivity index (χ1n) is 12.1. The molecule has 0 aliphatic carbocycles. The second kappa shape index (κ2) is 22.1. The van der Waals surface area contributed by atoms with Gasteiger partial charge >= 0.3 is 23.9 Å². The van der Waals surface area contributed by atoms with E-state index in [0.717, 1.165) is 38.5 Å². The molecule has 0 bridgehead atoms. The average Bonchev–Trinajstić information content (AvgIpc) is 2.72. The van der Waals surface area contributed by atoms with E-state index in [0.29, 0.717) is 12.8 Å². The van der Waals surface area contributed by atoms with Crippen LogP contribution in [0.1, 0.15) is 117 Å². The maximum Gasteiger partial charge on any atom is 0.307 e. The van der Waals surface area contributed by atoms with E-state index in [9.17, 15) is 29.4 Å². The van der Waals surface area contributed by atoms with Crippen molar-refractivity contribution in [2.75, 3.05) is 0 Å². The first-order valence-corrected chi connectivity index (χ1v) is 12.1. The zero-order valence-electron chi connectivity index (χ0n) is 19.9. The third-order valence-corrected chi connectivity index (χ3v) is 5.41. The second-order valence-electron chi connectivity index (χ2n) is 8.29. The molecule has 0 rings (SSSR count). The van der Waals surface area contributed by atoms with Gasteiger partial charge in [0.25, 0.3) is 0 Å². The Labute approximate surface area is 192 Å². The molecule has 0 aliphatic rings. The molecule has 0 aromatic rings. The molecule has 8 heteroatoms. The van der Waals surface area contributed by atoms with Gasteiger partial charge in [0.05, 0.1) is 24.7 Å². The molecule has 0 spiro atoms. The lowest BCUT2D eigenvalue weighted by Crippen LogP contribution is -2.30. The number of hydrogen-bond donors (Lipinski definition) is 4. The molecule has 0 aromatic carbocycles. The molecule has 0 aliphatic heterocycles. The van der Waals surface area contributed by atoms with Crippen LogP contribution in [0.4, 0.5) is 0 Å². The minimum Gasteiger partial charge on any atom is -0.481 e. The van der Waals surface area contributed by atoms with Gasteiger partial charge in [-0.2, -0.15) is 0 Å². The van der Waals surface area contributed by atoms with Crippen molar-refractivity contribution in [3.8, 4) is 0 Å². The molecule has 2 atom stereocenters. The number of carbonyl (C=O) groups is 4. The number of aliphatic carboxylic acids is 4. The second-order valence-corrected chi connectivity index (χ2v) is 8.29. The summed E-state index contributed by atoms with van der Waals surface area (Å²) in [4.78, 5) is 42.3. The summed E-state index contributed by atoms with van der Waals surface area (Å²) >= 11 is 0. The Hall–Kier alpha value is -2.12. The van der Waals surface area contributed by atoms with Crippen LogP contribution in [-0.4, -0.2) is 44.3 Å². The van der Waals surface area contributed by atoms with E-state index in [1.165, 1.54) is 38.5 Å². The molecular weight excluding hydrogens is 416 g/mol. The van der Waals surface area contributed by atoms with Gasteiger partial charge in [-0.05, 0) is 12.8 Å². The maximum absolute atomic E-state index is 11.5. The van der Waals surface area contributed by atoms with Crippen molar-refractivity contribution in [2.45, 2.75) is 117 Å². The fourth-order valence-corrected chi connectivity index (χ4v) is 3.50. The molecule has 0 aromatic heterocycles. The van der Waals surface area contributed by atoms with Gasteiger partial charge in [0.15, 0.2) is 0 Å². The molecule has 0 heterocycles. The fourth-order valence-electron chi connectivity index (χ4n) is 3.50. The molecule has 8 nitrogen and oxygen atoms in total. The van der Waals surface area contributed by atoms with Crippen molar-refractivity contribution in [3.05, 3.63) is 0 Å². The van der Waals surface area contributed by atoms with Gasteiger partial charge in [-0.25, -0.2) is 0 Å². The van der Waals surface area contributed by atoms with Crippen molar-refractivity contribution >= 4 is 23.9 Å². The lowest BCUT2D eigenvalue weighted by atomic mass is 9.84. The summed E-state index contributed by atoms with van der Waals surface area (Å²) in [6, 6.07) is 0. The number of hydrogen-bond acceptors (Lipinski definition) is 4. The van der Waals surface area contributed by atoms with E-state index in [1.807, 2.05) is 0 Å². The first-order chi connectivity index (χ1) is 15.2. The quantitative estimate of drug-likeness (QED) is 0.166. The van der Waals surface area contributed by atoms with Crippen LogP contribution in [0.25, 0.3) is 0 Å². The van der Waals surface area contributed by atoms with Crippen LogP contribution in [0.5, 0.6) is 0 Å². The molecular formula is C24H44O8. The highest BCUT2D eigenvalue weighted by molar-refractivity contribution is 5.79. The largest absolute Gasteiger partial charge is 0.481 e. The predicted molar refractivity (Wildman–Crippen MR) is 123 cm³/mol. The first kappa shape index (κ1) is 32.1. The van der Waals surface area contributed by atoms with E-state index in [2.05, 4.69) is 13.8 Å². The number of unbranched alkanes of at least 4 members (excludes halogenated alkanes) is 10. The summed E-state index contributed by atoms with van der Waals surface area (Å²) < 4.78 is 0. The van der Waals surface area contributed by atoms with Crippen LogP contribution >= 0.6 is 0 Å². The summed E-state index contributed by atoms with van der Waals surface area (Å²) in [6.07, 6.45) is 13.5. The van der Waals surface area contributed by atoms with Crippen molar-refractivity contribution in [1.82, 2.24) is 0 Å². The standard InChI is InChI=1S/C20H38O4.C4H6O4/c1-3-5-7-9-11-13-15-17(19(21)22)18(20(23)24)16-14-12-10-8-6-4-2;5-3(6)1-2-4(7)8/h17-18H,3-16H2,1-2H3,(H,21,22)(H,23,24);1-2H2,(H,5,6)(H,7,8). The summed E-state index contributed by atoms with van der Waals surface area (Å²) in [7, 11) is 0. The Kier molecular flexibility index (Phi) is 22.1. The minimum atomic E-state index is -1.08. The van der Waals surface area contributed by atoms with E-state index < -0.39 is 35.7 Å². The van der Waals surface area contributed by atoms with Crippen molar-refractivity contribution in [2.24, 2.45) is 11.8 Å². The van der Waals surface area contributed by atoms with Gasteiger partial charge in [-0.15, -0.1) is 0 Å². The third kappa shape index (κ3) is 21.1. The summed E-state index contributed by atoms with van der Waals surface area (Å²) in [5, 5.41) is 34.7. The van der Waals surface area contributed by atoms with Crippen molar-refractivity contribution < 1.29 is 39.6 Å². The smallest absolute Gasteiger partial charge is 0.307 e. The highest BCUT2D eigenvalue weighted by Crippen LogP contribution is 2.26. The summed E-state index contributed by atoms with van der Waals surface area (Å²) in [5.74, 6) is -5.50. The summed E-state index contributed by atoms with van der Waals surface area (Å²) in [6.45, 7) is 4.33. The Bertz CT molecular complexity index is 472. The fraction of sp³-hybridized carbons (Fsp3) is 0.833.